The Morgan fingerprint density at radius 3 is 2.80 bits per heavy atom. The van der Waals surface area contributed by atoms with Gasteiger partial charge in [0.1, 0.15) is 11.5 Å². The number of benzene rings is 1. The number of nitrogens with zero attached hydrogens (tertiary/aromatic N) is 4. The molecule has 0 saturated carbocycles. The molecule has 30 heavy (non-hydrogen) atoms. The third-order valence-electron chi connectivity index (χ3n) is 5.90. The third kappa shape index (κ3) is 3.36. The van der Waals surface area contributed by atoms with Crippen LogP contribution in [-0.2, 0) is 6.54 Å². The van der Waals surface area contributed by atoms with Gasteiger partial charge in [0.2, 0.25) is 0 Å². The van der Waals surface area contributed by atoms with Crippen LogP contribution in [0.5, 0.6) is 0 Å². The second kappa shape index (κ2) is 7.40. The lowest BCUT2D eigenvalue weighted by Crippen LogP contribution is -2.34. The van der Waals surface area contributed by atoms with Crippen molar-refractivity contribution in [3.63, 3.8) is 0 Å². The maximum atomic E-state index is 13.2. The zero-order valence-electron chi connectivity index (χ0n) is 16.6. The summed E-state index contributed by atoms with van der Waals surface area (Å²) in [6, 6.07) is 10.1. The molecule has 4 aromatic rings. The van der Waals surface area contributed by atoms with Crippen molar-refractivity contribution in [1.29, 1.82) is 0 Å². The van der Waals surface area contributed by atoms with E-state index in [1.54, 1.807) is 18.3 Å². The number of aromatic amines is 1. The summed E-state index contributed by atoms with van der Waals surface area (Å²) in [6.45, 7) is 3.56. The highest BCUT2D eigenvalue weighted by molar-refractivity contribution is 5.94. The first-order valence-electron chi connectivity index (χ1n) is 10.1. The van der Waals surface area contributed by atoms with Crippen LogP contribution in [0.2, 0.25) is 0 Å². The van der Waals surface area contributed by atoms with Gasteiger partial charge in [0.05, 0.1) is 6.20 Å². The molecule has 0 aliphatic carbocycles. The van der Waals surface area contributed by atoms with Gasteiger partial charge in [-0.2, -0.15) is 5.10 Å². The Balaban J connectivity index is 1.32. The van der Waals surface area contributed by atoms with Crippen LogP contribution in [0.25, 0.3) is 22.2 Å². The highest BCUT2D eigenvalue weighted by atomic mass is 19.1. The predicted molar refractivity (Wildman–Crippen MR) is 112 cm³/mol. The molecule has 1 fully saturated rings. The van der Waals surface area contributed by atoms with Crippen LogP contribution in [0, 0.1) is 11.7 Å². The van der Waals surface area contributed by atoms with Crippen molar-refractivity contribution >= 4 is 16.9 Å². The van der Waals surface area contributed by atoms with Gasteiger partial charge in [0, 0.05) is 59.8 Å². The zero-order chi connectivity index (χ0) is 20.7. The van der Waals surface area contributed by atoms with Gasteiger partial charge in [-0.1, -0.05) is 0 Å². The first-order valence-corrected chi connectivity index (χ1v) is 10.1. The number of rotatable bonds is 4. The van der Waals surface area contributed by atoms with Gasteiger partial charge in [0.15, 0.2) is 0 Å². The number of halogens is 1. The molecule has 1 aliphatic rings. The number of aromatic nitrogens is 4. The topological polar surface area (TPSA) is 66.8 Å². The summed E-state index contributed by atoms with van der Waals surface area (Å²) in [5, 5.41) is 7.91. The molecule has 0 spiro atoms. The summed E-state index contributed by atoms with van der Waals surface area (Å²) in [5.74, 6) is -0.0256. The lowest BCUT2D eigenvalue weighted by molar-refractivity contribution is 0.0742. The van der Waals surface area contributed by atoms with Crippen molar-refractivity contribution in [1.82, 2.24) is 24.6 Å². The minimum Gasteiger partial charge on any atom is -0.336 e. The van der Waals surface area contributed by atoms with Crippen LogP contribution < -0.4 is 0 Å². The van der Waals surface area contributed by atoms with Crippen LogP contribution in [0.1, 0.15) is 23.7 Å². The fourth-order valence-corrected chi connectivity index (χ4v) is 4.39. The number of likely N-dealkylation sites (tertiary alicyclic amines) is 1. The Labute approximate surface area is 173 Å². The van der Waals surface area contributed by atoms with Crippen LogP contribution in [0.3, 0.4) is 0 Å². The summed E-state index contributed by atoms with van der Waals surface area (Å²) in [7, 11) is 0. The van der Waals surface area contributed by atoms with Crippen LogP contribution >= 0.6 is 0 Å². The van der Waals surface area contributed by atoms with Crippen LogP contribution in [0.4, 0.5) is 4.39 Å². The Bertz CT molecular complexity index is 1180. The number of nitrogens with one attached hydrogen (secondary N) is 1. The second-order valence-corrected chi connectivity index (χ2v) is 8.01. The molecule has 4 heterocycles. The van der Waals surface area contributed by atoms with E-state index in [0.29, 0.717) is 18.0 Å². The molecular weight excluding hydrogens is 381 g/mol. The molecule has 152 valence electrons. The fourth-order valence-electron chi connectivity index (χ4n) is 4.39. The van der Waals surface area contributed by atoms with Crippen LogP contribution in [0.15, 0.2) is 61.2 Å². The molecule has 3 aromatic heterocycles. The van der Waals surface area contributed by atoms with Crippen molar-refractivity contribution in [2.24, 2.45) is 5.92 Å². The number of carbonyl (C=O) groups is 1. The van der Waals surface area contributed by atoms with Gasteiger partial charge in [-0.25, -0.2) is 9.37 Å². The van der Waals surface area contributed by atoms with E-state index in [4.69, 9.17) is 0 Å². The molecule has 0 bridgehead atoms. The molecule has 2 atom stereocenters. The lowest BCUT2D eigenvalue weighted by atomic mass is 10.1. The minimum absolute atomic E-state index is 0.0368. The van der Waals surface area contributed by atoms with E-state index in [2.05, 4.69) is 45.0 Å². The Kier molecular flexibility index (Phi) is 4.58. The smallest absolute Gasteiger partial charge is 0.254 e. The first-order chi connectivity index (χ1) is 14.6. The predicted octanol–water partition coefficient (Wildman–Crippen LogP) is 4.12. The highest BCUT2D eigenvalue weighted by Crippen LogP contribution is 2.28. The van der Waals surface area contributed by atoms with Crippen molar-refractivity contribution in [2.45, 2.75) is 25.9 Å². The fraction of sp³-hybridized carbons (Fsp3) is 0.261. The van der Waals surface area contributed by atoms with E-state index >= 15 is 0 Å². The van der Waals surface area contributed by atoms with Gasteiger partial charge in [-0.3, -0.25) is 9.89 Å². The summed E-state index contributed by atoms with van der Waals surface area (Å²) >= 11 is 0. The number of carbonyl (C=O) groups excluding carboxylic acids is 1. The Morgan fingerprint density at radius 2 is 2.03 bits per heavy atom. The van der Waals surface area contributed by atoms with E-state index in [1.165, 1.54) is 12.1 Å². The Morgan fingerprint density at radius 1 is 1.20 bits per heavy atom. The van der Waals surface area contributed by atoms with Gasteiger partial charge >= 0.3 is 0 Å². The van der Waals surface area contributed by atoms with Gasteiger partial charge in [-0.15, -0.1) is 0 Å². The van der Waals surface area contributed by atoms with Gasteiger partial charge in [-0.05, 0) is 55.7 Å². The van der Waals surface area contributed by atoms with Crippen molar-refractivity contribution in [3.05, 3.63) is 72.6 Å². The number of pyridine rings is 1. The third-order valence-corrected chi connectivity index (χ3v) is 5.90. The van der Waals surface area contributed by atoms with Crippen molar-refractivity contribution < 1.29 is 9.18 Å². The SMILES string of the molecule is C[C@@H]1C[C@H](Cn2ccc3cc(-c4cn[nH]c4)cnc32)CN1C(=O)c1ccc(F)cc1. The van der Waals surface area contributed by atoms with E-state index in [1.807, 2.05) is 17.3 Å². The minimum atomic E-state index is -0.332. The number of hydrogen-bond acceptors (Lipinski definition) is 3. The normalized spacial score (nSPS) is 18.9. The van der Waals surface area contributed by atoms with Crippen molar-refractivity contribution in [3.8, 4) is 11.1 Å². The highest BCUT2D eigenvalue weighted by Gasteiger charge is 2.33. The number of H-pyrrole nitrogens is 1. The van der Waals surface area contributed by atoms with E-state index in [-0.39, 0.29) is 17.8 Å². The number of fused-ring (bicyclic) bond motifs is 1. The molecule has 1 aromatic carbocycles. The van der Waals surface area contributed by atoms with Gasteiger partial charge in [0.25, 0.3) is 5.91 Å². The molecule has 7 heteroatoms. The molecule has 6 nitrogen and oxygen atoms in total. The summed E-state index contributed by atoms with van der Waals surface area (Å²) in [6.07, 6.45) is 8.50. The van der Waals surface area contributed by atoms with Crippen LogP contribution in [-0.4, -0.2) is 43.1 Å². The van der Waals surface area contributed by atoms with Gasteiger partial charge < -0.3 is 9.47 Å². The Hall–Kier alpha value is -3.48. The largest absolute Gasteiger partial charge is 0.336 e. The summed E-state index contributed by atoms with van der Waals surface area (Å²) < 4.78 is 15.3. The van der Waals surface area contributed by atoms with E-state index in [9.17, 15) is 9.18 Å². The lowest BCUT2D eigenvalue weighted by Gasteiger charge is -2.21. The molecular formula is C23H22FN5O. The second-order valence-electron chi connectivity index (χ2n) is 8.01. The average Bonchev–Trinajstić information content (AvgIpc) is 3.49. The zero-order valence-corrected chi connectivity index (χ0v) is 16.6. The molecule has 1 saturated heterocycles. The molecule has 1 N–H and O–H groups in total. The molecule has 0 radical (unpaired) electrons. The monoisotopic (exact) mass is 403 g/mol. The maximum absolute atomic E-state index is 13.2. The quantitative estimate of drug-likeness (QED) is 0.557. The van der Waals surface area contributed by atoms with E-state index < -0.39 is 0 Å². The molecule has 0 unspecified atom stereocenters. The van der Waals surface area contributed by atoms with Crippen molar-refractivity contribution in [2.75, 3.05) is 6.54 Å². The van der Waals surface area contributed by atoms with E-state index in [0.717, 1.165) is 35.1 Å². The molecule has 5 rings (SSSR count). The number of hydrogen-bond donors (Lipinski definition) is 1. The first kappa shape index (κ1) is 18.5. The average molecular weight is 403 g/mol. The maximum Gasteiger partial charge on any atom is 0.254 e. The molecule has 1 amide bonds. The summed E-state index contributed by atoms with van der Waals surface area (Å²) in [5.41, 5.74) is 3.51. The summed E-state index contributed by atoms with van der Waals surface area (Å²) in [4.78, 5) is 19.4. The number of amides is 1. The molecule has 1 aliphatic heterocycles. The standard InChI is InChI=1S/C23H22FN5O/c1-15-8-16(14-29(15)23(30)17-2-4-21(24)5-3-17)13-28-7-6-18-9-19(10-25-22(18)28)20-11-26-27-12-20/h2-7,9-12,15-16H,8,13-14H2,1H3,(H,26,27)/t15-,16-/m1/s1.